The summed E-state index contributed by atoms with van der Waals surface area (Å²) in [4.78, 5) is 11.0. The van der Waals surface area contributed by atoms with Crippen molar-refractivity contribution >= 4 is 17.7 Å². The molecule has 0 aliphatic heterocycles. The predicted molar refractivity (Wildman–Crippen MR) is 90.4 cm³/mol. The maximum atomic E-state index is 11.0. The number of primary amides is 1. The second kappa shape index (κ2) is 7.82. The first kappa shape index (κ1) is 17.1. The number of carbonyl (C=O) groups is 1. The lowest BCUT2D eigenvalue weighted by Crippen LogP contribution is -2.15. The third kappa shape index (κ3) is 4.59. The monoisotopic (exact) mass is 332 g/mol. The van der Waals surface area contributed by atoms with Gasteiger partial charge in [0, 0.05) is 6.54 Å². The zero-order valence-corrected chi connectivity index (χ0v) is 14.0. The lowest BCUT2D eigenvalue weighted by atomic mass is 10.2. The van der Waals surface area contributed by atoms with Crippen molar-refractivity contribution in [3.8, 4) is 5.75 Å². The van der Waals surface area contributed by atoms with Crippen LogP contribution >= 0.6 is 11.8 Å². The molecule has 23 heavy (non-hydrogen) atoms. The highest BCUT2D eigenvalue weighted by atomic mass is 32.2. The number of nitrogens with two attached hydrogens (primary N) is 1. The van der Waals surface area contributed by atoms with Crippen molar-refractivity contribution in [2.45, 2.75) is 31.7 Å². The Labute approximate surface area is 139 Å². The van der Waals surface area contributed by atoms with E-state index in [-0.39, 0.29) is 11.9 Å². The minimum absolute atomic E-state index is 0.155. The molecule has 2 N–H and O–H groups in total. The summed E-state index contributed by atoms with van der Waals surface area (Å²) in [6, 6.07) is 7.82. The highest BCUT2D eigenvalue weighted by Crippen LogP contribution is 2.25. The molecule has 2 rings (SSSR count). The number of hydrogen-bond acceptors (Lipinski definition) is 5. The molecule has 1 unspecified atom stereocenters. The van der Waals surface area contributed by atoms with Gasteiger partial charge in [-0.1, -0.05) is 30.0 Å². The minimum atomic E-state index is -0.395. The molecule has 7 heteroatoms. The largest absolute Gasteiger partial charge is 0.483 e. The summed E-state index contributed by atoms with van der Waals surface area (Å²) in [5, 5.41) is 8.95. The van der Waals surface area contributed by atoms with Crippen molar-refractivity contribution in [3.05, 3.63) is 48.3 Å². The normalized spacial score (nSPS) is 11.9. The smallest absolute Gasteiger partial charge is 0.227 e. The molecule has 1 atom stereocenters. The summed E-state index contributed by atoms with van der Waals surface area (Å²) in [5.41, 5.74) is 6.31. The van der Waals surface area contributed by atoms with Gasteiger partial charge in [-0.3, -0.25) is 9.36 Å². The van der Waals surface area contributed by atoms with Crippen molar-refractivity contribution < 1.29 is 9.53 Å². The molecule has 0 aliphatic carbocycles. The van der Waals surface area contributed by atoms with E-state index in [4.69, 9.17) is 10.5 Å². The van der Waals surface area contributed by atoms with E-state index >= 15 is 0 Å². The van der Waals surface area contributed by atoms with Gasteiger partial charge in [0.05, 0.1) is 5.75 Å². The molecule has 1 amide bonds. The summed E-state index contributed by atoms with van der Waals surface area (Å²) in [7, 11) is 0. The van der Waals surface area contributed by atoms with Crippen LogP contribution in [0.15, 0.2) is 42.1 Å². The number of aromatic nitrogens is 3. The van der Waals surface area contributed by atoms with Crippen LogP contribution in [0.5, 0.6) is 5.75 Å². The Kier molecular flexibility index (Phi) is 5.81. The predicted octanol–water partition coefficient (Wildman–Crippen LogP) is 2.49. The molecule has 1 heterocycles. The fourth-order valence-corrected chi connectivity index (χ4v) is 2.78. The van der Waals surface area contributed by atoms with Crippen LogP contribution in [0.4, 0.5) is 0 Å². The molecule has 0 radical (unpaired) electrons. The number of thioether (sulfide) groups is 1. The number of amides is 1. The molecule has 0 spiro atoms. The highest BCUT2D eigenvalue weighted by Gasteiger charge is 2.19. The number of allylic oxidation sites excluding steroid dienone is 1. The maximum absolute atomic E-state index is 11.0. The Bertz CT molecular complexity index is 699. The lowest BCUT2D eigenvalue weighted by Gasteiger charge is -2.16. The number of rotatable bonds is 8. The van der Waals surface area contributed by atoms with Crippen LogP contribution in [0.25, 0.3) is 0 Å². The summed E-state index contributed by atoms with van der Waals surface area (Å²) < 4.78 is 7.82. The highest BCUT2D eigenvalue weighted by molar-refractivity contribution is 7.99. The molecule has 1 aromatic heterocycles. The molecule has 0 saturated carbocycles. The van der Waals surface area contributed by atoms with E-state index in [0.29, 0.717) is 17.5 Å². The van der Waals surface area contributed by atoms with Crippen LogP contribution in [0.1, 0.15) is 24.4 Å². The van der Waals surface area contributed by atoms with Gasteiger partial charge >= 0.3 is 0 Å². The molecule has 0 fully saturated rings. The molecule has 2 aromatic rings. The second-order valence-corrected chi connectivity index (χ2v) is 6.01. The van der Waals surface area contributed by atoms with Crippen LogP contribution in [0, 0.1) is 6.92 Å². The third-order valence-corrected chi connectivity index (χ3v) is 4.06. The maximum Gasteiger partial charge on any atom is 0.227 e. The molecule has 122 valence electrons. The first-order valence-corrected chi connectivity index (χ1v) is 8.18. The SMILES string of the molecule is C=CCn1c(SCC(N)=O)nnc1C(C)Oc1cccc(C)c1. The fraction of sp³-hybridized carbons (Fsp3) is 0.312. The summed E-state index contributed by atoms with van der Waals surface area (Å²) in [5.74, 6) is 1.21. The van der Waals surface area contributed by atoms with E-state index in [1.807, 2.05) is 42.7 Å². The van der Waals surface area contributed by atoms with E-state index in [2.05, 4.69) is 16.8 Å². The van der Waals surface area contributed by atoms with Crippen molar-refractivity contribution in [3.63, 3.8) is 0 Å². The van der Waals surface area contributed by atoms with Crippen molar-refractivity contribution in [1.82, 2.24) is 14.8 Å². The zero-order valence-electron chi connectivity index (χ0n) is 13.2. The van der Waals surface area contributed by atoms with Gasteiger partial charge in [0.1, 0.15) is 5.75 Å². The van der Waals surface area contributed by atoms with E-state index in [9.17, 15) is 4.79 Å². The molecule has 6 nitrogen and oxygen atoms in total. The molecule has 1 aromatic carbocycles. The van der Waals surface area contributed by atoms with Crippen LogP contribution in [-0.2, 0) is 11.3 Å². The van der Waals surface area contributed by atoms with Crippen LogP contribution in [0.3, 0.4) is 0 Å². The summed E-state index contributed by atoms with van der Waals surface area (Å²) in [6.07, 6.45) is 1.47. The Balaban J connectivity index is 2.19. The van der Waals surface area contributed by atoms with E-state index < -0.39 is 5.91 Å². The van der Waals surface area contributed by atoms with Gasteiger partial charge in [-0.05, 0) is 31.5 Å². The van der Waals surface area contributed by atoms with Crippen molar-refractivity contribution in [2.24, 2.45) is 5.73 Å². The minimum Gasteiger partial charge on any atom is -0.483 e. The number of hydrogen-bond donors (Lipinski definition) is 1. The van der Waals surface area contributed by atoms with Crippen LogP contribution < -0.4 is 10.5 Å². The number of aryl methyl sites for hydroxylation is 1. The number of carbonyl (C=O) groups excluding carboxylic acids is 1. The molecule has 0 bridgehead atoms. The Morgan fingerprint density at radius 1 is 1.52 bits per heavy atom. The average Bonchev–Trinajstić information content (AvgIpc) is 2.88. The fourth-order valence-electron chi connectivity index (χ4n) is 2.09. The lowest BCUT2D eigenvalue weighted by molar-refractivity contribution is -0.115. The Hall–Kier alpha value is -2.28. The standard InChI is InChI=1S/C16H20N4O2S/c1-4-8-20-15(18-19-16(20)23-10-14(17)21)12(3)22-13-7-5-6-11(2)9-13/h4-7,9,12H,1,8,10H2,2-3H3,(H2,17,21). The van der Waals surface area contributed by atoms with Gasteiger partial charge < -0.3 is 10.5 Å². The van der Waals surface area contributed by atoms with Gasteiger partial charge in [-0.15, -0.1) is 16.8 Å². The molecular formula is C16H20N4O2S. The topological polar surface area (TPSA) is 83.0 Å². The van der Waals surface area contributed by atoms with Gasteiger partial charge in [0.25, 0.3) is 0 Å². The third-order valence-electron chi connectivity index (χ3n) is 3.07. The summed E-state index contributed by atoms with van der Waals surface area (Å²) >= 11 is 1.25. The zero-order chi connectivity index (χ0) is 16.8. The Morgan fingerprint density at radius 2 is 2.30 bits per heavy atom. The van der Waals surface area contributed by atoms with E-state index in [1.54, 1.807) is 6.08 Å². The first-order valence-electron chi connectivity index (χ1n) is 7.19. The number of ether oxygens (including phenoxy) is 1. The van der Waals surface area contributed by atoms with Gasteiger partial charge in [-0.25, -0.2) is 0 Å². The van der Waals surface area contributed by atoms with E-state index in [1.165, 1.54) is 11.8 Å². The van der Waals surface area contributed by atoms with Crippen molar-refractivity contribution in [1.29, 1.82) is 0 Å². The van der Waals surface area contributed by atoms with Gasteiger partial charge in [0.15, 0.2) is 17.1 Å². The van der Waals surface area contributed by atoms with Gasteiger partial charge in [-0.2, -0.15) is 0 Å². The van der Waals surface area contributed by atoms with Crippen molar-refractivity contribution in [2.75, 3.05) is 5.75 Å². The molecule has 0 saturated heterocycles. The molecule has 0 aliphatic rings. The Morgan fingerprint density at radius 3 is 2.96 bits per heavy atom. The van der Waals surface area contributed by atoms with Gasteiger partial charge in [0.2, 0.25) is 5.91 Å². The number of nitrogens with zero attached hydrogens (tertiary/aromatic N) is 3. The quantitative estimate of drug-likeness (QED) is 0.593. The molecular weight excluding hydrogens is 312 g/mol. The van der Waals surface area contributed by atoms with Crippen LogP contribution in [-0.4, -0.2) is 26.4 Å². The number of benzene rings is 1. The van der Waals surface area contributed by atoms with Crippen LogP contribution in [0.2, 0.25) is 0 Å². The second-order valence-electron chi connectivity index (χ2n) is 5.07. The summed E-state index contributed by atoms with van der Waals surface area (Å²) in [6.45, 7) is 8.20. The average molecular weight is 332 g/mol. The first-order chi connectivity index (χ1) is 11.0. The van der Waals surface area contributed by atoms with E-state index in [0.717, 1.165) is 11.3 Å².